The summed E-state index contributed by atoms with van der Waals surface area (Å²) < 4.78 is 21.1. The molecule has 1 aromatic rings. The van der Waals surface area contributed by atoms with Gasteiger partial charge in [-0.1, -0.05) is 0 Å². The van der Waals surface area contributed by atoms with Gasteiger partial charge in [-0.15, -0.1) is 0 Å². The van der Waals surface area contributed by atoms with E-state index in [1.54, 1.807) is 0 Å². The lowest BCUT2D eigenvalue weighted by Gasteiger charge is -2.20. The zero-order chi connectivity index (χ0) is 15.8. The molecule has 11 heteroatoms. The standard InChI is InChI=1S/C10H15N2O8P/c1-5-3-12(10(15)11-9(5)14)8-2-6(13)7(20-8)4-19-21(16,17)18/h3,6-8,13H,2,4H2,1H3,(H,11,14,15)(H2,16,17,18)/p-1. The lowest BCUT2D eigenvalue weighted by atomic mass is 10.2. The normalized spacial score (nSPS) is 28.5. The Bertz CT molecular complexity index is 676. The van der Waals surface area contributed by atoms with Gasteiger partial charge >= 0.3 is 5.69 Å². The van der Waals surface area contributed by atoms with E-state index in [1.165, 1.54) is 13.1 Å². The van der Waals surface area contributed by atoms with E-state index >= 15 is 0 Å². The van der Waals surface area contributed by atoms with Gasteiger partial charge in [0.1, 0.15) is 12.3 Å². The molecular weight excluding hydrogens is 307 g/mol. The summed E-state index contributed by atoms with van der Waals surface area (Å²) in [7, 11) is -4.92. The largest absolute Gasteiger partial charge is 0.756 e. The molecule has 10 nitrogen and oxygen atoms in total. The second-order valence-corrected chi connectivity index (χ2v) is 5.87. The minimum atomic E-state index is -4.92. The van der Waals surface area contributed by atoms with Gasteiger partial charge in [-0.3, -0.25) is 18.9 Å². The van der Waals surface area contributed by atoms with E-state index < -0.39 is 44.1 Å². The van der Waals surface area contributed by atoms with Gasteiger partial charge in [0, 0.05) is 18.2 Å². The van der Waals surface area contributed by atoms with Gasteiger partial charge in [-0.05, 0) is 6.92 Å². The lowest BCUT2D eigenvalue weighted by Crippen LogP contribution is -2.33. The quantitative estimate of drug-likeness (QED) is 0.536. The van der Waals surface area contributed by atoms with E-state index in [2.05, 4.69) is 9.51 Å². The van der Waals surface area contributed by atoms with Crippen LogP contribution in [0.1, 0.15) is 18.2 Å². The van der Waals surface area contributed by atoms with Crippen molar-refractivity contribution in [2.75, 3.05) is 6.61 Å². The monoisotopic (exact) mass is 321 g/mol. The number of aliphatic hydroxyl groups excluding tert-OH is 1. The molecule has 4 unspecified atom stereocenters. The molecule has 3 N–H and O–H groups in total. The summed E-state index contributed by atoms with van der Waals surface area (Å²) in [5.74, 6) is 0. The highest BCUT2D eigenvalue weighted by molar-refractivity contribution is 7.44. The number of H-pyrrole nitrogens is 1. The third-order valence-corrected chi connectivity index (χ3v) is 3.54. The van der Waals surface area contributed by atoms with Crippen LogP contribution in [0.5, 0.6) is 0 Å². The van der Waals surface area contributed by atoms with Gasteiger partial charge in [-0.2, -0.15) is 0 Å². The van der Waals surface area contributed by atoms with Crippen molar-refractivity contribution in [2.45, 2.75) is 31.8 Å². The molecule has 0 spiro atoms. The fourth-order valence-electron chi connectivity index (χ4n) is 2.00. The Morgan fingerprint density at radius 3 is 2.90 bits per heavy atom. The number of phosphoric acid groups is 1. The van der Waals surface area contributed by atoms with Crippen LogP contribution in [0.15, 0.2) is 15.8 Å². The molecule has 1 aliphatic rings. The molecule has 0 aliphatic carbocycles. The molecule has 1 saturated heterocycles. The molecule has 118 valence electrons. The van der Waals surface area contributed by atoms with E-state index in [1.807, 2.05) is 0 Å². The summed E-state index contributed by atoms with van der Waals surface area (Å²) in [6.07, 6.45) is -1.69. The van der Waals surface area contributed by atoms with Crippen LogP contribution in [0.25, 0.3) is 0 Å². The molecule has 0 aromatic carbocycles. The first kappa shape index (κ1) is 16.1. The van der Waals surface area contributed by atoms with E-state index in [9.17, 15) is 24.2 Å². The maximum absolute atomic E-state index is 11.7. The van der Waals surface area contributed by atoms with Gasteiger partial charge in [0.15, 0.2) is 0 Å². The van der Waals surface area contributed by atoms with Crippen molar-refractivity contribution in [3.8, 4) is 0 Å². The summed E-state index contributed by atoms with van der Waals surface area (Å²) in [5, 5.41) is 9.77. The zero-order valence-corrected chi connectivity index (χ0v) is 11.9. The molecule has 21 heavy (non-hydrogen) atoms. The van der Waals surface area contributed by atoms with Crippen molar-refractivity contribution < 1.29 is 28.7 Å². The molecule has 1 aliphatic heterocycles. The molecule has 0 saturated carbocycles. The Balaban J connectivity index is 2.14. The van der Waals surface area contributed by atoms with Crippen LogP contribution >= 0.6 is 7.82 Å². The summed E-state index contributed by atoms with van der Waals surface area (Å²) >= 11 is 0. The summed E-state index contributed by atoms with van der Waals surface area (Å²) in [6.45, 7) is 0.923. The first-order chi connectivity index (χ1) is 9.67. The number of aromatic amines is 1. The number of rotatable bonds is 4. The van der Waals surface area contributed by atoms with Gasteiger partial charge < -0.3 is 24.2 Å². The summed E-state index contributed by atoms with van der Waals surface area (Å²) in [5.41, 5.74) is -0.949. The van der Waals surface area contributed by atoms with Crippen molar-refractivity contribution in [3.05, 3.63) is 32.6 Å². The van der Waals surface area contributed by atoms with Gasteiger partial charge in [0.25, 0.3) is 13.4 Å². The smallest absolute Gasteiger partial charge is 0.330 e. The first-order valence-electron chi connectivity index (χ1n) is 6.01. The van der Waals surface area contributed by atoms with Crippen LogP contribution in [0, 0.1) is 6.92 Å². The fourth-order valence-corrected chi connectivity index (χ4v) is 2.34. The molecule has 1 aromatic heterocycles. The number of nitrogens with one attached hydrogen (secondary N) is 1. The Kier molecular flexibility index (Phi) is 4.47. The maximum Gasteiger partial charge on any atom is 0.330 e. The molecule has 0 amide bonds. The minimum Gasteiger partial charge on any atom is -0.756 e. The molecule has 2 rings (SSSR count). The van der Waals surface area contributed by atoms with Crippen LogP contribution in [0.3, 0.4) is 0 Å². The average molecular weight is 321 g/mol. The predicted molar refractivity (Wildman–Crippen MR) is 66.4 cm³/mol. The topological polar surface area (TPSA) is 154 Å². The molecule has 2 heterocycles. The van der Waals surface area contributed by atoms with Crippen molar-refractivity contribution in [2.24, 2.45) is 0 Å². The zero-order valence-electron chi connectivity index (χ0n) is 11.0. The Labute approximate surface area is 118 Å². The summed E-state index contributed by atoms with van der Waals surface area (Å²) in [6, 6.07) is 0. The van der Waals surface area contributed by atoms with E-state index in [0.717, 1.165) is 4.57 Å². The number of hydrogen-bond donors (Lipinski definition) is 3. The molecule has 0 radical (unpaired) electrons. The second-order valence-electron chi connectivity index (χ2n) is 4.68. The Morgan fingerprint density at radius 1 is 1.62 bits per heavy atom. The van der Waals surface area contributed by atoms with Crippen molar-refractivity contribution in [1.82, 2.24) is 9.55 Å². The van der Waals surface area contributed by atoms with Crippen LogP contribution in [0.4, 0.5) is 0 Å². The van der Waals surface area contributed by atoms with Crippen LogP contribution in [-0.4, -0.2) is 38.4 Å². The highest BCUT2D eigenvalue weighted by atomic mass is 31.2. The molecule has 1 fully saturated rings. The number of ether oxygens (including phenoxy) is 1. The second kappa shape index (κ2) is 5.84. The fraction of sp³-hybridized carbons (Fsp3) is 0.600. The lowest BCUT2D eigenvalue weighted by molar-refractivity contribution is -0.222. The first-order valence-corrected chi connectivity index (χ1v) is 7.51. The van der Waals surface area contributed by atoms with Crippen molar-refractivity contribution in [1.29, 1.82) is 0 Å². The third kappa shape index (κ3) is 3.88. The number of phosphoric ester groups is 1. The van der Waals surface area contributed by atoms with Gasteiger partial charge in [0.05, 0.1) is 12.7 Å². The summed E-state index contributed by atoms with van der Waals surface area (Å²) in [4.78, 5) is 44.1. The number of aryl methyl sites for hydroxylation is 1. The predicted octanol–water partition coefficient (Wildman–Crippen LogP) is -2.03. The van der Waals surface area contributed by atoms with E-state index in [-0.39, 0.29) is 12.0 Å². The molecular formula is C10H14N2O8P-. The number of aromatic nitrogens is 2. The number of hydrogen-bond acceptors (Lipinski definition) is 7. The Hall–Kier alpha value is -1.29. The Morgan fingerprint density at radius 2 is 2.29 bits per heavy atom. The SMILES string of the molecule is Cc1cn(C2CC(O)C(COP(=O)([O-])O)O2)c(=O)[nH]c1=O. The van der Waals surface area contributed by atoms with Crippen LogP contribution in [-0.2, 0) is 13.8 Å². The van der Waals surface area contributed by atoms with Crippen molar-refractivity contribution >= 4 is 7.82 Å². The number of aliphatic hydroxyl groups is 1. The average Bonchev–Trinajstić information content (AvgIpc) is 2.72. The number of nitrogens with zero attached hydrogens (tertiary/aromatic N) is 1. The molecule has 0 bridgehead atoms. The van der Waals surface area contributed by atoms with Crippen LogP contribution in [0.2, 0.25) is 0 Å². The van der Waals surface area contributed by atoms with E-state index in [4.69, 9.17) is 9.63 Å². The van der Waals surface area contributed by atoms with Gasteiger partial charge in [-0.25, -0.2) is 4.79 Å². The molecule has 4 atom stereocenters. The maximum atomic E-state index is 11.7. The minimum absolute atomic E-state index is 0.00794. The van der Waals surface area contributed by atoms with Gasteiger partial charge in [0.2, 0.25) is 0 Å². The van der Waals surface area contributed by atoms with E-state index in [0.29, 0.717) is 0 Å². The highest BCUT2D eigenvalue weighted by Gasteiger charge is 2.36. The highest BCUT2D eigenvalue weighted by Crippen LogP contribution is 2.34. The van der Waals surface area contributed by atoms with Crippen molar-refractivity contribution in [3.63, 3.8) is 0 Å². The van der Waals surface area contributed by atoms with Crippen LogP contribution < -0.4 is 16.1 Å². The third-order valence-electron chi connectivity index (χ3n) is 3.06.